The van der Waals surface area contributed by atoms with Crippen molar-refractivity contribution in [3.8, 4) is 0 Å². The summed E-state index contributed by atoms with van der Waals surface area (Å²) in [6, 6.07) is 0. The van der Waals surface area contributed by atoms with E-state index in [9.17, 15) is 35.2 Å². The van der Waals surface area contributed by atoms with Gasteiger partial charge in [-0.15, -0.1) is 0 Å². The van der Waals surface area contributed by atoms with Crippen LogP contribution in [0.2, 0.25) is 0 Å². The number of halogens is 5. The molecule has 0 radical (unpaired) electrons. The van der Waals surface area contributed by atoms with Crippen molar-refractivity contribution in [2.75, 3.05) is 19.8 Å². The minimum atomic E-state index is -5.68. The molecule has 0 heterocycles. The standard InChI is InChI=1S/C12H17F5O7S/c1-8(6-23-7-11(13,14)25(20,21)22)9(18)24-5-3-4-10(2,19)12(15,16)17/h19H,1,3-7H2,2H3,(H,20,21,22). The molecule has 0 aliphatic heterocycles. The average Bonchev–Trinajstić information content (AvgIpc) is 2.40. The second-order valence-corrected chi connectivity index (χ2v) is 6.77. The Bertz CT molecular complexity index is 583. The van der Waals surface area contributed by atoms with Gasteiger partial charge in [0.15, 0.2) is 5.60 Å². The van der Waals surface area contributed by atoms with Gasteiger partial charge in [-0.3, -0.25) is 4.55 Å². The van der Waals surface area contributed by atoms with Crippen LogP contribution in [-0.4, -0.2) is 60.9 Å². The van der Waals surface area contributed by atoms with Crippen molar-refractivity contribution in [2.24, 2.45) is 0 Å². The topological polar surface area (TPSA) is 110 Å². The summed E-state index contributed by atoms with van der Waals surface area (Å²) in [7, 11) is -5.68. The van der Waals surface area contributed by atoms with E-state index in [1.807, 2.05) is 0 Å². The van der Waals surface area contributed by atoms with Gasteiger partial charge in [-0.25, -0.2) is 4.79 Å². The van der Waals surface area contributed by atoms with Gasteiger partial charge >= 0.3 is 27.5 Å². The molecule has 0 aromatic heterocycles. The largest absolute Gasteiger partial charge is 0.462 e. The second-order valence-electron chi connectivity index (χ2n) is 5.22. The SMILES string of the molecule is C=C(COCC(F)(F)S(=O)(=O)O)C(=O)OCCCC(C)(O)C(F)(F)F. The Kier molecular flexibility index (Phi) is 7.94. The smallest absolute Gasteiger partial charge is 0.416 e. The molecule has 13 heteroatoms. The van der Waals surface area contributed by atoms with Gasteiger partial charge in [0.2, 0.25) is 0 Å². The lowest BCUT2D eigenvalue weighted by atomic mass is 10.00. The van der Waals surface area contributed by atoms with Crippen molar-refractivity contribution in [3.63, 3.8) is 0 Å². The Balaban J connectivity index is 4.20. The van der Waals surface area contributed by atoms with Crippen molar-refractivity contribution in [2.45, 2.75) is 36.8 Å². The van der Waals surface area contributed by atoms with E-state index >= 15 is 0 Å². The summed E-state index contributed by atoms with van der Waals surface area (Å²) in [6.07, 6.45) is -5.94. The van der Waals surface area contributed by atoms with Crippen molar-refractivity contribution in [3.05, 3.63) is 12.2 Å². The molecule has 0 bridgehead atoms. The van der Waals surface area contributed by atoms with Gasteiger partial charge in [-0.1, -0.05) is 6.58 Å². The molecule has 0 spiro atoms. The molecule has 0 aliphatic rings. The number of aliphatic hydroxyl groups is 1. The van der Waals surface area contributed by atoms with E-state index in [-0.39, 0.29) is 6.42 Å². The highest BCUT2D eigenvalue weighted by Crippen LogP contribution is 2.33. The summed E-state index contributed by atoms with van der Waals surface area (Å²) < 4.78 is 100. The number of hydrogen-bond acceptors (Lipinski definition) is 6. The van der Waals surface area contributed by atoms with E-state index < -0.39 is 64.9 Å². The van der Waals surface area contributed by atoms with E-state index in [4.69, 9.17) is 9.66 Å². The van der Waals surface area contributed by atoms with E-state index in [0.29, 0.717) is 6.92 Å². The first-order chi connectivity index (χ1) is 11.0. The van der Waals surface area contributed by atoms with Gasteiger partial charge in [0.1, 0.15) is 6.61 Å². The molecule has 1 unspecified atom stereocenters. The summed E-state index contributed by atoms with van der Waals surface area (Å²) in [6.45, 7) is 0.561. The van der Waals surface area contributed by atoms with Crippen molar-refractivity contribution in [1.29, 1.82) is 0 Å². The predicted octanol–water partition coefficient (Wildman–Crippen LogP) is 1.68. The molecule has 1 atom stereocenters. The van der Waals surface area contributed by atoms with Crippen LogP contribution in [0.4, 0.5) is 22.0 Å². The van der Waals surface area contributed by atoms with E-state index in [0.717, 1.165) is 0 Å². The molecular formula is C12H17F5O7S. The quantitative estimate of drug-likeness (QED) is 0.189. The van der Waals surface area contributed by atoms with Crippen LogP contribution in [0.3, 0.4) is 0 Å². The summed E-state index contributed by atoms with van der Waals surface area (Å²) >= 11 is 0. The summed E-state index contributed by atoms with van der Waals surface area (Å²) in [5.41, 5.74) is -3.46. The normalized spacial score (nSPS) is 15.5. The maximum atomic E-state index is 12.8. The van der Waals surface area contributed by atoms with Gasteiger partial charge in [0.25, 0.3) is 0 Å². The zero-order valence-corrected chi connectivity index (χ0v) is 13.8. The molecule has 0 aromatic carbocycles. The number of esters is 1. The Morgan fingerprint density at radius 3 is 2.16 bits per heavy atom. The number of ether oxygens (including phenoxy) is 2. The fourth-order valence-electron chi connectivity index (χ4n) is 1.25. The summed E-state index contributed by atoms with van der Waals surface area (Å²) in [5.74, 6) is -1.16. The molecule has 0 saturated carbocycles. The first-order valence-corrected chi connectivity index (χ1v) is 8.02. The first kappa shape index (κ1) is 23.7. The lowest BCUT2D eigenvalue weighted by molar-refractivity contribution is -0.255. The van der Waals surface area contributed by atoms with E-state index in [1.165, 1.54) is 0 Å². The molecule has 0 aromatic rings. The minimum Gasteiger partial charge on any atom is -0.462 e. The second kappa shape index (κ2) is 8.38. The number of rotatable bonds is 10. The molecular weight excluding hydrogens is 383 g/mol. The highest BCUT2D eigenvalue weighted by Gasteiger charge is 2.49. The Hall–Kier alpha value is -1.31. The van der Waals surface area contributed by atoms with Crippen LogP contribution in [0.15, 0.2) is 12.2 Å². The van der Waals surface area contributed by atoms with Crippen LogP contribution in [0.25, 0.3) is 0 Å². The maximum Gasteiger partial charge on any atom is 0.416 e. The monoisotopic (exact) mass is 400 g/mol. The first-order valence-electron chi connectivity index (χ1n) is 6.58. The van der Waals surface area contributed by atoms with Crippen LogP contribution in [0.5, 0.6) is 0 Å². The molecule has 2 N–H and O–H groups in total. The Morgan fingerprint density at radius 1 is 1.20 bits per heavy atom. The molecule has 7 nitrogen and oxygen atoms in total. The number of carbonyl (C=O) groups is 1. The zero-order chi connectivity index (χ0) is 20.1. The lowest BCUT2D eigenvalue weighted by Gasteiger charge is -2.25. The van der Waals surface area contributed by atoms with Crippen LogP contribution in [0, 0.1) is 0 Å². The van der Waals surface area contributed by atoms with Gasteiger partial charge < -0.3 is 14.6 Å². The molecule has 148 valence electrons. The average molecular weight is 400 g/mol. The fourth-order valence-corrected chi connectivity index (χ4v) is 1.48. The third-order valence-electron chi connectivity index (χ3n) is 2.86. The van der Waals surface area contributed by atoms with Gasteiger partial charge in [-0.05, 0) is 19.8 Å². The minimum absolute atomic E-state index is 0.340. The van der Waals surface area contributed by atoms with Gasteiger partial charge in [-0.2, -0.15) is 30.4 Å². The highest BCUT2D eigenvalue weighted by molar-refractivity contribution is 7.86. The van der Waals surface area contributed by atoms with E-state index in [1.54, 1.807) is 0 Å². The van der Waals surface area contributed by atoms with E-state index in [2.05, 4.69) is 16.1 Å². The van der Waals surface area contributed by atoms with Gasteiger partial charge in [0.05, 0.1) is 18.8 Å². The van der Waals surface area contributed by atoms with Crippen molar-refractivity contribution < 1.29 is 54.3 Å². The molecule has 25 heavy (non-hydrogen) atoms. The number of hydrogen-bond donors (Lipinski definition) is 2. The molecule has 0 saturated heterocycles. The summed E-state index contributed by atoms with van der Waals surface area (Å²) in [5, 5.41) is 4.56. The zero-order valence-electron chi connectivity index (χ0n) is 13.0. The third-order valence-corrected chi connectivity index (χ3v) is 3.74. The van der Waals surface area contributed by atoms with Crippen LogP contribution in [0.1, 0.15) is 19.8 Å². The van der Waals surface area contributed by atoms with Crippen LogP contribution >= 0.6 is 0 Å². The van der Waals surface area contributed by atoms with Gasteiger partial charge in [0, 0.05) is 0 Å². The maximum absolute atomic E-state index is 12.8. The predicted molar refractivity (Wildman–Crippen MR) is 73.3 cm³/mol. The molecule has 0 aliphatic carbocycles. The molecule has 0 amide bonds. The summed E-state index contributed by atoms with van der Waals surface area (Å²) in [4.78, 5) is 11.4. The van der Waals surface area contributed by atoms with Crippen LogP contribution < -0.4 is 0 Å². The van der Waals surface area contributed by atoms with Crippen molar-refractivity contribution >= 4 is 16.1 Å². The van der Waals surface area contributed by atoms with Crippen molar-refractivity contribution in [1.82, 2.24) is 0 Å². The Labute approximate surface area is 140 Å². The number of alkyl halides is 5. The highest BCUT2D eigenvalue weighted by atomic mass is 32.2. The fraction of sp³-hybridized carbons (Fsp3) is 0.750. The van der Waals surface area contributed by atoms with Crippen LogP contribution in [-0.2, 0) is 24.4 Å². The Morgan fingerprint density at radius 2 is 1.72 bits per heavy atom. The number of carbonyl (C=O) groups excluding carboxylic acids is 1. The molecule has 0 rings (SSSR count). The lowest BCUT2D eigenvalue weighted by Crippen LogP contribution is -2.42. The molecule has 0 fully saturated rings. The third kappa shape index (κ3) is 7.63.